The fourth-order valence-corrected chi connectivity index (χ4v) is 3.11. The van der Waals surface area contributed by atoms with Crippen molar-refractivity contribution in [1.82, 2.24) is 9.78 Å². The molecule has 0 saturated carbocycles. The molecule has 0 aliphatic carbocycles. The van der Waals surface area contributed by atoms with Crippen LogP contribution in [0.3, 0.4) is 0 Å². The van der Waals surface area contributed by atoms with Gasteiger partial charge < -0.3 is 4.74 Å². The molecule has 3 aromatic rings. The van der Waals surface area contributed by atoms with E-state index in [1.165, 1.54) is 16.8 Å². The molecule has 5 heteroatoms. The number of methoxy groups -OCH3 is 1. The minimum absolute atomic E-state index is 0.198. The quantitative estimate of drug-likeness (QED) is 0.712. The molecule has 0 spiro atoms. The predicted molar refractivity (Wildman–Crippen MR) is 100 cm³/mol. The SMILES string of the molecule is COc1ccc(C)c(Cn2nc(C)c(-c3ccc(F)cc3)cc2=O)c1C. The number of nitrogens with zero attached hydrogens (tertiary/aromatic N) is 2. The molecule has 0 N–H and O–H groups in total. The number of aromatic nitrogens is 2. The Kier molecular flexibility index (Phi) is 4.89. The molecule has 26 heavy (non-hydrogen) atoms. The van der Waals surface area contributed by atoms with Crippen LogP contribution in [0, 0.1) is 26.6 Å². The van der Waals surface area contributed by atoms with Crippen molar-refractivity contribution < 1.29 is 9.13 Å². The minimum atomic E-state index is -0.309. The van der Waals surface area contributed by atoms with E-state index in [0.717, 1.165) is 33.7 Å². The molecule has 0 atom stereocenters. The van der Waals surface area contributed by atoms with Gasteiger partial charge in [-0.1, -0.05) is 18.2 Å². The van der Waals surface area contributed by atoms with Crippen LogP contribution in [-0.2, 0) is 6.54 Å². The smallest absolute Gasteiger partial charge is 0.267 e. The Labute approximate surface area is 151 Å². The van der Waals surface area contributed by atoms with Crippen LogP contribution in [0.1, 0.15) is 22.4 Å². The maximum absolute atomic E-state index is 13.1. The fourth-order valence-electron chi connectivity index (χ4n) is 3.11. The summed E-state index contributed by atoms with van der Waals surface area (Å²) in [7, 11) is 1.63. The lowest BCUT2D eigenvalue weighted by molar-refractivity contribution is 0.410. The largest absolute Gasteiger partial charge is 0.496 e. The highest BCUT2D eigenvalue weighted by molar-refractivity contribution is 5.65. The van der Waals surface area contributed by atoms with Crippen LogP contribution in [0.15, 0.2) is 47.3 Å². The summed E-state index contributed by atoms with van der Waals surface area (Å²) in [4.78, 5) is 12.6. The van der Waals surface area contributed by atoms with Crippen LogP contribution in [0.25, 0.3) is 11.1 Å². The van der Waals surface area contributed by atoms with Crippen molar-refractivity contribution in [2.75, 3.05) is 7.11 Å². The highest BCUT2D eigenvalue weighted by Gasteiger charge is 2.12. The van der Waals surface area contributed by atoms with Gasteiger partial charge in [0.25, 0.3) is 5.56 Å². The molecule has 1 heterocycles. The van der Waals surface area contributed by atoms with Crippen molar-refractivity contribution in [2.45, 2.75) is 27.3 Å². The molecular formula is C21H21FN2O2. The molecular weight excluding hydrogens is 331 g/mol. The summed E-state index contributed by atoms with van der Waals surface area (Å²) in [6.07, 6.45) is 0. The number of rotatable bonds is 4. The molecule has 0 amide bonds. The Bertz CT molecular complexity index is 1010. The van der Waals surface area contributed by atoms with Gasteiger partial charge in [0.15, 0.2) is 0 Å². The normalized spacial score (nSPS) is 10.8. The van der Waals surface area contributed by atoms with Crippen molar-refractivity contribution in [3.63, 3.8) is 0 Å². The summed E-state index contributed by atoms with van der Waals surface area (Å²) in [6, 6.07) is 11.5. The third-order valence-corrected chi connectivity index (χ3v) is 4.65. The van der Waals surface area contributed by atoms with Gasteiger partial charge in [-0.05, 0) is 61.2 Å². The summed E-state index contributed by atoms with van der Waals surface area (Å²) in [5.74, 6) is 0.481. The van der Waals surface area contributed by atoms with E-state index in [1.54, 1.807) is 25.3 Å². The number of benzene rings is 2. The highest BCUT2D eigenvalue weighted by atomic mass is 19.1. The van der Waals surface area contributed by atoms with Gasteiger partial charge >= 0.3 is 0 Å². The topological polar surface area (TPSA) is 44.1 Å². The Morgan fingerprint density at radius 1 is 1.08 bits per heavy atom. The van der Waals surface area contributed by atoms with Gasteiger partial charge in [-0.3, -0.25) is 4.79 Å². The van der Waals surface area contributed by atoms with Gasteiger partial charge in [0.05, 0.1) is 19.3 Å². The van der Waals surface area contributed by atoms with E-state index in [-0.39, 0.29) is 11.4 Å². The van der Waals surface area contributed by atoms with Crippen LogP contribution < -0.4 is 10.3 Å². The zero-order valence-electron chi connectivity index (χ0n) is 15.3. The lowest BCUT2D eigenvalue weighted by Gasteiger charge is -2.15. The van der Waals surface area contributed by atoms with Crippen LogP contribution in [0.2, 0.25) is 0 Å². The number of hydrogen-bond acceptors (Lipinski definition) is 3. The number of ether oxygens (including phenoxy) is 1. The Morgan fingerprint density at radius 2 is 1.77 bits per heavy atom. The van der Waals surface area contributed by atoms with Crippen LogP contribution in [-0.4, -0.2) is 16.9 Å². The Morgan fingerprint density at radius 3 is 2.42 bits per heavy atom. The third kappa shape index (κ3) is 3.38. The van der Waals surface area contributed by atoms with E-state index in [2.05, 4.69) is 5.10 Å². The molecule has 0 radical (unpaired) electrons. The fraction of sp³-hybridized carbons (Fsp3) is 0.238. The van der Waals surface area contributed by atoms with Gasteiger partial charge in [0.1, 0.15) is 11.6 Å². The molecule has 0 saturated heterocycles. The second-order valence-corrected chi connectivity index (χ2v) is 6.33. The minimum Gasteiger partial charge on any atom is -0.496 e. The van der Waals surface area contributed by atoms with E-state index < -0.39 is 0 Å². The summed E-state index contributed by atoms with van der Waals surface area (Å²) in [5.41, 5.74) is 5.11. The first kappa shape index (κ1) is 17.9. The molecule has 0 unspecified atom stereocenters. The first-order chi connectivity index (χ1) is 12.4. The van der Waals surface area contributed by atoms with Crippen molar-refractivity contribution in [3.8, 4) is 16.9 Å². The molecule has 134 valence electrons. The second-order valence-electron chi connectivity index (χ2n) is 6.33. The first-order valence-corrected chi connectivity index (χ1v) is 8.38. The van der Waals surface area contributed by atoms with Gasteiger partial charge in [0.2, 0.25) is 0 Å². The first-order valence-electron chi connectivity index (χ1n) is 8.38. The molecule has 3 rings (SSSR count). The van der Waals surface area contributed by atoms with Crippen molar-refractivity contribution in [1.29, 1.82) is 0 Å². The van der Waals surface area contributed by atoms with Crippen LogP contribution in [0.4, 0.5) is 4.39 Å². The maximum Gasteiger partial charge on any atom is 0.267 e. The summed E-state index contributed by atoms with van der Waals surface area (Å²) in [5, 5.41) is 4.47. The van der Waals surface area contributed by atoms with E-state index in [9.17, 15) is 9.18 Å². The van der Waals surface area contributed by atoms with E-state index in [1.807, 2.05) is 32.9 Å². The maximum atomic E-state index is 13.1. The zero-order chi connectivity index (χ0) is 18.8. The highest BCUT2D eigenvalue weighted by Crippen LogP contribution is 2.25. The van der Waals surface area contributed by atoms with Crippen LogP contribution >= 0.6 is 0 Å². The molecule has 2 aromatic carbocycles. The molecule has 1 aromatic heterocycles. The van der Waals surface area contributed by atoms with Gasteiger partial charge in [-0.25, -0.2) is 9.07 Å². The lowest BCUT2D eigenvalue weighted by Crippen LogP contribution is -2.24. The van der Waals surface area contributed by atoms with Gasteiger partial charge in [-0.2, -0.15) is 5.10 Å². The average molecular weight is 352 g/mol. The van der Waals surface area contributed by atoms with Gasteiger partial charge in [-0.15, -0.1) is 0 Å². The lowest BCUT2D eigenvalue weighted by atomic mass is 10.0. The Balaban J connectivity index is 2.02. The zero-order valence-corrected chi connectivity index (χ0v) is 15.3. The number of hydrogen-bond donors (Lipinski definition) is 0. The monoisotopic (exact) mass is 352 g/mol. The molecule has 0 aliphatic rings. The van der Waals surface area contributed by atoms with E-state index in [4.69, 9.17) is 4.74 Å². The third-order valence-electron chi connectivity index (χ3n) is 4.65. The summed E-state index contributed by atoms with van der Waals surface area (Å²) in [6.45, 7) is 6.21. The molecule has 0 aliphatic heterocycles. The summed E-state index contributed by atoms with van der Waals surface area (Å²) < 4.78 is 20.0. The predicted octanol–water partition coefficient (Wildman–Crippen LogP) is 4.03. The Hall–Kier alpha value is -2.95. The van der Waals surface area contributed by atoms with E-state index >= 15 is 0 Å². The second kappa shape index (κ2) is 7.12. The van der Waals surface area contributed by atoms with Crippen molar-refractivity contribution in [3.05, 3.63) is 81.0 Å². The standard InChI is InChI=1S/C21H21FN2O2/c1-13-5-10-20(26-4)14(2)19(13)12-24-21(25)11-18(15(3)23-24)16-6-8-17(22)9-7-16/h5-11H,12H2,1-4H3. The molecule has 4 nitrogen and oxygen atoms in total. The van der Waals surface area contributed by atoms with E-state index in [0.29, 0.717) is 12.1 Å². The number of halogens is 1. The average Bonchev–Trinajstić information content (AvgIpc) is 2.62. The van der Waals surface area contributed by atoms with Crippen molar-refractivity contribution >= 4 is 0 Å². The molecule has 0 fully saturated rings. The summed E-state index contributed by atoms with van der Waals surface area (Å²) >= 11 is 0. The van der Waals surface area contributed by atoms with Gasteiger partial charge in [0, 0.05) is 11.6 Å². The number of aryl methyl sites for hydroxylation is 2. The van der Waals surface area contributed by atoms with Crippen LogP contribution in [0.5, 0.6) is 5.75 Å². The van der Waals surface area contributed by atoms with Crippen molar-refractivity contribution in [2.24, 2.45) is 0 Å². The molecule has 0 bridgehead atoms.